The third-order valence-electron chi connectivity index (χ3n) is 4.41. The van der Waals surface area contributed by atoms with Gasteiger partial charge in [-0.2, -0.15) is 13.5 Å². The second-order valence-corrected chi connectivity index (χ2v) is 6.52. The first-order valence-corrected chi connectivity index (χ1v) is 8.82. The minimum atomic E-state index is -0.793. The largest absolute Gasteiger partial charge is 0.487 e. The van der Waals surface area contributed by atoms with Gasteiger partial charge in [0.1, 0.15) is 12.4 Å². The maximum absolute atomic E-state index is 10.7. The van der Waals surface area contributed by atoms with Crippen LogP contribution in [-0.2, 0) is 16.1 Å². The molecule has 3 rings (SSSR count). The van der Waals surface area contributed by atoms with E-state index in [0.717, 1.165) is 23.5 Å². The quantitative estimate of drug-likeness (QED) is 0.783. The van der Waals surface area contributed by atoms with E-state index in [4.69, 9.17) is 14.6 Å². The van der Waals surface area contributed by atoms with Crippen molar-refractivity contribution in [1.82, 2.24) is 4.98 Å². The van der Waals surface area contributed by atoms with Crippen molar-refractivity contribution in [3.63, 3.8) is 0 Å². The molecule has 146 valence electrons. The number of hydrogen-bond acceptors (Lipinski definition) is 5. The fourth-order valence-corrected chi connectivity index (χ4v) is 2.92. The van der Waals surface area contributed by atoms with Crippen molar-refractivity contribution in [2.24, 2.45) is 0 Å². The monoisotopic (exact) mass is 390 g/mol. The molecule has 1 aliphatic heterocycles. The number of benzene rings is 1. The zero-order chi connectivity index (χ0) is 18.4. The molecule has 1 atom stereocenters. The third-order valence-corrected chi connectivity index (χ3v) is 4.41. The molecule has 0 saturated carbocycles. The molecule has 0 unspecified atom stereocenters. The van der Waals surface area contributed by atoms with E-state index in [9.17, 15) is 4.79 Å². The number of aliphatic carboxylic acids is 1. The minimum Gasteiger partial charge on any atom is -0.487 e. The molecule has 27 heavy (non-hydrogen) atoms. The number of morpholine rings is 1. The van der Waals surface area contributed by atoms with Gasteiger partial charge in [-0.15, -0.1) is 0 Å². The fraction of sp³-hybridized carbons (Fsp3) is 0.400. The van der Waals surface area contributed by atoms with E-state index in [1.54, 1.807) is 12.4 Å². The Morgan fingerprint density at radius 2 is 2.11 bits per heavy atom. The van der Waals surface area contributed by atoms with Gasteiger partial charge in [-0.1, -0.05) is 29.8 Å². The maximum Gasteiger partial charge on any atom is 0.303 e. The number of aryl methyl sites for hydroxylation is 1. The number of nitrogens with zero attached hydrogens (tertiary/aromatic N) is 2. The van der Waals surface area contributed by atoms with Gasteiger partial charge in [0.15, 0.2) is 0 Å². The van der Waals surface area contributed by atoms with E-state index in [1.807, 2.05) is 6.07 Å². The van der Waals surface area contributed by atoms with Crippen LogP contribution in [0.1, 0.15) is 24.0 Å². The normalized spacial score (nSPS) is 16.5. The van der Waals surface area contributed by atoms with Gasteiger partial charge < -0.3 is 19.5 Å². The first-order chi connectivity index (χ1) is 12.6. The Morgan fingerprint density at radius 3 is 2.85 bits per heavy atom. The molecule has 0 spiro atoms. The Balaban J connectivity index is 0.00000261. The standard InChI is InChI=1S/C20H24N2O4.H2S/c1-15-2-4-16(5-3-15)14-26-19-10-17(11-21-12-19)22-8-9-25-18(13-22)6-7-20(23)24;/h2-5,10-12,18H,6-9,13-14H2,1H3,(H,23,24);1H2/t18-;/m0./s1. The summed E-state index contributed by atoms with van der Waals surface area (Å²) < 4.78 is 11.5. The lowest BCUT2D eigenvalue weighted by molar-refractivity contribution is -0.137. The number of aromatic nitrogens is 1. The van der Waals surface area contributed by atoms with Crippen molar-refractivity contribution in [2.75, 3.05) is 24.6 Å². The molecule has 0 aliphatic carbocycles. The van der Waals surface area contributed by atoms with Gasteiger partial charge in [-0.3, -0.25) is 9.78 Å². The lowest BCUT2D eigenvalue weighted by Crippen LogP contribution is -2.42. The summed E-state index contributed by atoms with van der Waals surface area (Å²) in [6.07, 6.45) is 4.08. The topological polar surface area (TPSA) is 71.9 Å². The number of anilines is 1. The van der Waals surface area contributed by atoms with Crippen LogP contribution in [0, 0.1) is 6.92 Å². The second kappa shape index (κ2) is 10.2. The SMILES string of the molecule is Cc1ccc(COc2cncc(N3CCO[C@@H](CCC(=O)O)C3)c2)cc1.S. The molecule has 0 radical (unpaired) electrons. The van der Waals surface area contributed by atoms with Crippen molar-refractivity contribution in [1.29, 1.82) is 0 Å². The summed E-state index contributed by atoms with van der Waals surface area (Å²) in [5.41, 5.74) is 3.30. The van der Waals surface area contributed by atoms with Gasteiger partial charge in [0, 0.05) is 25.6 Å². The van der Waals surface area contributed by atoms with Crippen LogP contribution in [-0.4, -0.2) is 41.9 Å². The maximum atomic E-state index is 10.7. The zero-order valence-electron chi connectivity index (χ0n) is 15.4. The van der Waals surface area contributed by atoms with Crippen molar-refractivity contribution in [3.8, 4) is 5.75 Å². The van der Waals surface area contributed by atoms with Gasteiger partial charge in [0.2, 0.25) is 0 Å². The van der Waals surface area contributed by atoms with Crippen LogP contribution in [0.4, 0.5) is 5.69 Å². The van der Waals surface area contributed by atoms with Gasteiger partial charge in [0.25, 0.3) is 0 Å². The highest BCUT2D eigenvalue weighted by Crippen LogP contribution is 2.23. The first-order valence-electron chi connectivity index (χ1n) is 8.82. The molecule has 1 aromatic heterocycles. The summed E-state index contributed by atoms with van der Waals surface area (Å²) in [6.45, 7) is 4.56. The Kier molecular flexibility index (Phi) is 7.94. The molecule has 1 N–H and O–H groups in total. The number of hydrogen-bond donors (Lipinski definition) is 1. The summed E-state index contributed by atoms with van der Waals surface area (Å²) in [5.74, 6) is -0.0736. The van der Waals surface area contributed by atoms with E-state index in [2.05, 4.69) is 41.1 Å². The number of carboxylic acids is 1. The summed E-state index contributed by atoms with van der Waals surface area (Å²) in [4.78, 5) is 17.2. The number of pyridine rings is 1. The molecule has 1 aromatic carbocycles. The van der Waals surface area contributed by atoms with E-state index in [0.29, 0.717) is 26.2 Å². The molecule has 7 heteroatoms. The highest BCUT2D eigenvalue weighted by Gasteiger charge is 2.22. The van der Waals surface area contributed by atoms with Crippen LogP contribution < -0.4 is 9.64 Å². The minimum absolute atomic E-state index is 0. The van der Waals surface area contributed by atoms with Crippen LogP contribution >= 0.6 is 13.5 Å². The smallest absolute Gasteiger partial charge is 0.303 e. The van der Waals surface area contributed by atoms with E-state index in [-0.39, 0.29) is 26.0 Å². The lowest BCUT2D eigenvalue weighted by atomic mass is 10.1. The predicted molar refractivity (Wildman–Crippen MR) is 109 cm³/mol. The molecule has 1 saturated heterocycles. The summed E-state index contributed by atoms with van der Waals surface area (Å²) in [7, 11) is 0. The van der Waals surface area contributed by atoms with Gasteiger partial charge in [-0.05, 0) is 18.9 Å². The van der Waals surface area contributed by atoms with Crippen LogP contribution in [0.25, 0.3) is 0 Å². The molecular formula is C20H26N2O4S. The lowest BCUT2D eigenvalue weighted by Gasteiger charge is -2.34. The molecule has 2 heterocycles. The molecule has 0 bridgehead atoms. The van der Waals surface area contributed by atoms with Crippen molar-refractivity contribution in [2.45, 2.75) is 32.5 Å². The predicted octanol–water partition coefficient (Wildman–Crippen LogP) is 3.15. The molecule has 6 nitrogen and oxygen atoms in total. The summed E-state index contributed by atoms with van der Waals surface area (Å²) >= 11 is 0. The average Bonchev–Trinajstić information content (AvgIpc) is 2.66. The highest BCUT2D eigenvalue weighted by molar-refractivity contribution is 7.59. The first kappa shape index (κ1) is 21.1. The van der Waals surface area contributed by atoms with E-state index in [1.165, 1.54) is 5.56 Å². The van der Waals surface area contributed by atoms with Gasteiger partial charge in [-0.25, -0.2) is 0 Å². The second-order valence-electron chi connectivity index (χ2n) is 6.52. The molecule has 2 aromatic rings. The Hall–Kier alpha value is -2.25. The van der Waals surface area contributed by atoms with Gasteiger partial charge in [0.05, 0.1) is 30.8 Å². The Morgan fingerprint density at radius 1 is 1.33 bits per heavy atom. The Labute approximate surface area is 166 Å². The number of rotatable bonds is 7. The number of ether oxygens (including phenoxy) is 2. The molecule has 0 amide bonds. The summed E-state index contributed by atoms with van der Waals surface area (Å²) in [6, 6.07) is 10.2. The molecule has 1 fully saturated rings. The number of carboxylic acid groups (broad SMARTS) is 1. The van der Waals surface area contributed by atoms with Crippen molar-refractivity contribution in [3.05, 3.63) is 53.9 Å². The van der Waals surface area contributed by atoms with Crippen molar-refractivity contribution < 1.29 is 19.4 Å². The highest BCUT2D eigenvalue weighted by atomic mass is 32.1. The molecule has 1 aliphatic rings. The van der Waals surface area contributed by atoms with Crippen LogP contribution in [0.15, 0.2) is 42.7 Å². The number of carbonyl (C=O) groups is 1. The van der Waals surface area contributed by atoms with Crippen molar-refractivity contribution >= 4 is 25.2 Å². The van der Waals surface area contributed by atoms with E-state index >= 15 is 0 Å². The van der Waals surface area contributed by atoms with Gasteiger partial charge >= 0.3 is 5.97 Å². The Bertz CT molecular complexity index is 739. The molecular weight excluding hydrogens is 364 g/mol. The fourth-order valence-electron chi connectivity index (χ4n) is 2.92. The van der Waals surface area contributed by atoms with Crippen LogP contribution in [0.3, 0.4) is 0 Å². The summed E-state index contributed by atoms with van der Waals surface area (Å²) in [5, 5.41) is 8.84. The average molecular weight is 391 g/mol. The zero-order valence-corrected chi connectivity index (χ0v) is 16.4. The van der Waals surface area contributed by atoms with Crippen LogP contribution in [0.2, 0.25) is 0 Å². The van der Waals surface area contributed by atoms with Crippen LogP contribution in [0.5, 0.6) is 5.75 Å². The third kappa shape index (κ3) is 6.45. The van der Waals surface area contributed by atoms with E-state index < -0.39 is 5.97 Å².